The topological polar surface area (TPSA) is 74.0 Å². The molecular formula is C17H13BrClN3O2. The predicted octanol–water partition coefficient (Wildman–Crippen LogP) is 4.79. The lowest BCUT2D eigenvalue weighted by molar-refractivity contribution is -0.114. The fraction of sp³-hybridized carbons (Fsp3) is 0.0588. The van der Waals surface area contributed by atoms with Crippen LogP contribution in [0, 0.1) is 0 Å². The van der Waals surface area contributed by atoms with E-state index in [1.165, 1.54) is 6.92 Å². The second-order valence-corrected chi connectivity index (χ2v) is 6.51. The Morgan fingerprint density at radius 1 is 1.08 bits per heavy atom. The number of carbonyl (C=O) groups is 2. The Balaban J connectivity index is 1.87. The molecule has 7 heteroatoms. The zero-order chi connectivity index (χ0) is 17.3. The van der Waals surface area contributed by atoms with Crippen LogP contribution < -0.4 is 10.6 Å². The van der Waals surface area contributed by atoms with E-state index in [-0.39, 0.29) is 17.5 Å². The van der Waals surface area contributed by atoms with Gasteiger partial charge in [0.05, 0.1) is 5.02 Å². The summed E-state index contributed by atoms with van der Waals surface area (Å²) < 4.78 is 0.880. The van der Waals surface area contributed by atoms with Gasteiger partial charge in [0.15, 0.2) is 0 Å². The quantitative estimate of drug-likeness (QED) is 0.585. The molecule has 2 aromatic carbocycles. The highest BCUT2D eigenvalue weighted by molar-refractivity contribution is 9.10. The Morgan fingerprint density at radius 2 is 1.79 bits per heavy atom. The van der Waals surface area contributed by atoms with Gasteiger partial charge in [-0.05, 0) is 36.4 Å². The molecule has 3 rings (SSSR count). The van der Waals surface area contributed by atoms with E-state index in [1.807, 2.05) is 18.2 Å². The summed E-state index contributed by atoms with van der Waals surface area (Å²) in [5.41, 5.74) is 2.23. The second kappa shape index (κ2) is 6.67. The largest absolute Gasteiger partial charge is 0.349 e. The molecule has 3 aromatic rings. The Morgan fingerprint density at radius 3 is 2.50 bits per heavy atom. The number of nitrogens with one attached hydrogen (secondary N) is 3. The number of hydrogen-bond donors (Lipinski definition) is 3. The molecular weight excluding hydrogens is 394 g/mol. The molecule has 0 fully saturated rings. The molecule has 0 saturated carbocycles. The second-order valence-electron chi connectivity index (χ2n) is 5.22. The zero-order valence-corrected chi connectivity index (χ0v) is 15.0. The number of amides is 2. The molecule has 0 saturated heterocycles. The van der Waals surface area contributed by atoms with Crippen molar-refractivity contribution in [1.29, 1.82) is 0 Å². The van der Waals surface area contributed by atoms with Gasteiger partial charge in [-0.1, -0.05) is 33.6 Å². The van der Waals surface area contributed by atoms with Crippen molar-refractivity contribution in [3.63, 3.8) is 0 Å². The van der Waals surface area contributed by atoms with Crippen molar-refractivity contribution >= 4 is 61.6 Å². The van der Waals surface area contributed by atoms with Gasteiger partial charge in [-0.25, -0.2) is 0 Å². The van der Waals surface area contributed by atoms with Crippen molar-refractivity contribution in [2.45, 2.75) is 6.92 Å². The van der Waals surface area contributed by atoms with Crippen LogP contribution in [0.5, 0.6) is 0 Å². The van der Waals surface area contributed by atoms with Crippen molar-refractivity contribution in [3.05, 3.63) is 57.7 Å². The molecule has 3 N–H and O–H groups in total. The maximum absolute atomic E-state index is 12.5. The minimum atomic E-state index is -0.354. The first-order chi connectivity index (χ1) is 11.4. The molecule has 24 heavy (non-hydrogen) atoms. The highest BCUT2D eigenvalue weighted by Crippen LogP contribution is 2.30. The van der Waals surface area contributed by atoms with Crippen molar-refractivity contribution in [2.24, 2.45) is 0 Å². The number of halogens is 2. The van der Waals surface area contributed by atoms with Crippen molar-refractivity contribution in [3.8, 4) is 0 Å². The van der Waals surface area contributed by atoms with Crippen LogP contribution in [0.1, 0.15) is 17.4 Å². The molecule has 2 amide bonds. The first-order valence-corrected chi connectivity index (χ1v) is 8.27. The SMILES string of the molecule is CC(=O)Nc1cccc(NC(=O)c2[nH]c3ccc(Br)cc3c2Cl)c1. The van der Waals surface area contributed by atoms with Crippen LogP contribution in [-0.2, 0) is 4.79 Å². The summed E-state index contributed by atoms with van der Waals surface area (Å²) in [6.45, 7) is 1.42. The molecule has 0 aliphatic carbocycles. The number of benzene rings is 2. The minimum Gasteiger partial charge on any atom is -0.349 e. The molecule has 0 aliphatic rings. The first kappa shape index (κ1) is 16.5. The highest BCUT2D eigenvalue weighted by Gasteiger charge is 2.17. The number of fused-ring (bicyclic) bond motifs is 1. The average Bonchev–Trinajstić information content (AvgIpc) is 2.84. The smallest absolute Gasteiger partial charge is 0.273 e. The van der Waals surface area contributed by atoms with Gasteiger partial charge in [0.25, 0.3) is 5.91 Å². The third-order valence-electron chi connectivity index (χ3n) is 3.37. The van der Waals surface area contributed by atoms with E-state index < -0.39 is 0 Å². The molecule has 0 spiro atoms. The highest BCUT2D eigenvalue weighted by atomic mass is 79.9. The number of H-pyrrole nitrogens is 1. The van der Waals surface area contributed by atoms with Crippen LogP contribution in [-0.4, -0.2) is 16.8 Å². The average molecular weight is 407 g/mol. The van der Waals surface area contributed by atoms with Crippen LogP contribution in [0.15, 0.2) is 46.9 Å². The summed E-state index contributed by atoms with van der Waals surface area (Å²) in [6, 6.07) is 12.5. The van der Waals surface area contributed by atoms with E-state index >= 15 is 0 Å². The molecule has 5 nitrogen and oxygen atoms in total. The maximum atomic E-state index is 12.5. The van der Waals surface area contributed by atoms with Gasteiger partial charge in [-0.15, -0.1) is 0 Å². The molecule has 0 bridgehead atoms. The van der Waals surface area contributed by atoms with Crippen LogP contribution >= 0.6 is 27.5 Å². The van der Waals surface area contributed by atoms with Gasteiger partial charge in [0.1, 0.15) is 5.69 Å². The summed E-state index contributed by atoms with van der Waals surface area (Å²) in [7, 11) is 0. The number of carbonyl (C=O) groups excluding carboxylic acids is 2. The van der Waals surface area contributed by atoms with Crippen LogP contribution in [0.25, 0.3) is 10.9 Å². The summed E-state index contributed by atoms with van der Waals surface area (Å²) in [5, 5.41) is 6.57. The molecule has 1 aromatic heterocycles. The monoisotopic (exact) mass is 405 g/mol. The number of aromatic amines is 1. The van der Waals surface area contributed by atoms with Crippen molar-refractivity contribution in [2.75, 3.05) is 10.6 Å². The Labute approximate surface area is 151 Å². The lowest BCUT2D eigenvalue weighted by Gasteiger charge is -2.07. The Hall–Kier alpha value is -2.31. The summed E-state index contributed by atoms with van der Waals surface area (Å²) in [6.07, 6.45) is 0. The molecule has 0 atom stereocenters. The fourth-order valence-electron chi connectivity index (χ4n) is 2.36. The molecule has 0 aliphatic heterocycles. The van der Waals surface area contributed by atoms with E-state index in [0.29, 0.717) is 16.4 Å². The maximum Gasteiger partial charge on any atom is 0.273 e. The van der Waals surface area contributed by atoms with Gasteiger partial charge >= 0.3 is 0 Å². The van der Waals surface area contributed by atoms with E-state index in [1.54, 1.807) is 24.3 Å². The van der Waals surface area contributed by atoms with Gasteiger partial charge in [0.2, 0.25) is 5.91 Å². The van der Waals surface area contributed by atoms with Crippen LogP contribution in [0.3, 0.4) is 0 Å². The third-order valence-corrected chi connectivity index (χ3v) is 4.25. The summed E-state index contributed by atoms with van der Waals surface area (Å²) in [5.74, 6) is -0.532. The fourth-order valence-corrected chi connectivity index (χ4v) is 3.01. The van der Waals surface area contributed by atoms with Crippen molar-refractivity contribution in [1.82, 2.24) is 4.98 Å². The number of aromatic nitrogens is 1. The number of anilines is 2. The normalized spacial score (nSPS) is 10.6. The summed E-state index contributed by atoms with van der Waals surface area (Å²) >= 11 is 9.71. The Kier molecular flexibility index (Phi) is 4.59. The lowest BCUT2D eigenvalue weighted by Crippen LogP contribution is -2.13. The van der Waals surface area contributed by atoms with E-state index in [9.17, 15) is 9.59 Å². The minimum absolute atomic E-state index is 0.178. The number of hydrogen-bond acceptors (Lipinski definition) is 2. The molecule has 1 heterocycles. The third kappa shape index (κ3) is 3.44. The van der Waals surface area contributed by atoms with E-state index in [0.717, 1.165) is 15.4 Å². The lowest BCUT2D eigenvalue weighted by atomic mass is 10.2. The Bertz CT molecular complexity index is 952. The van der Waals surface area contributed by atoms with E-state index in [4.69, 9.17) is 11.6 Å². The number of rotatable bonds is 3. The zero-order valence-electron chi connectivity index (χ0n) is 12.6. The molecule has 122 valence electrons. The van der Waals surface area contributed by atoms with Gasteiger partial charge in [-0.2, -0.15) is 0 Å². The van der Waals surface area contributed by atoms with Gasteiger partial charge in [-0.3, -0.25) is 9.59 Å². The van der Waals surface area contributed by atoms with Crippen molar-refractivity contribution < 1.29 is 9.59 Å². The standard InChI is InChI=1S/C17H13BrClN3O2/c1-9(23)20-11-3-2-4-12(8-11)21-17(24)16-15(19)13-7-10(18)5-6-14(13)22-16/h2-8,22H,1H3,(H,20,23)(H,21,24). The van der Waals surface area contributed by atoms with Crippen LogP contribution in [0.2, 0.25) is 5.02 Å². The van der Waals surface area contributed by atoms with Crippen LogP contribution in [0.4, 0.5) is 11.4 Å². The van der Waals surface area contributed by atoms with E-state index in [2.05, 4.69) is 31.5 Å². The summed E-state index contributed by atoms with van der Waals surface area (Å²) in [4.78, 5) is 26.6. The molecule has 0 radical (unpaired) electrons. The van der Waals surface area contributed by atoms with Gasteiger partial charge < -0.3 is 15.6 Å². The first-order valence-electron chi connectivity index (χ1n) is 7.10. The van der Waals surface area contributed by atoms with Gasteiger partial charge in [0, 0.05) is 33.7 Å². The molecule has 0 unspecified atom stereocenters. The predicted molar refractivity (Wildman–Crippen MR) is 99.7 cm³/mol.